The Kier molecular flexibility index (Phi) is 5.30. The number of benzene rings is 1. The third kappa shape index (κ3) is 4.40. The summed E-state index contributed by atoms with van der Waals surface area (Å²) in [6.45, 7) is 2.00. The van der Waals surface area contributed by atoms with Crippen LogP contribution in [0.4, 0.5) is 11.4 Å². The van der Waals surface area contributed by atoms with E-state index >= 15 is 0 Å². The SMILES string of the molecule is CSCCC(C)Nc1ccc(N)cc1S(N)(=O)=O. The molecule has 0 heterocycles. The molecule has 1 aromatic rings. The van der Waals surface area contributed by atoms with E-state index in [1.165, 1.54) is 6.07 Å². The Hall–Kier alpha value is -0.920. The summed E-state index contributed by atoms with van der Waals surface area (Å²) >= 11 is 1.75. The van der Waals surface area contributed by atoms with Crippen molar-refractivity contribution in [3.63, 3.8) is 0 Å². The molecule has 1 aromatic carbocycles. The molecule has 0 amide bonds. The van der Waals surface area contributed by atoms with Crippen molar-refractivity contribution in [1.82, 2.24) is 0 Å². The van der Waals surface area contributed by atoms with E-state index in [-0.39, 0.29) is 10.9 Å². The highest BCUT2D eigenvalue weighted by atomic mass is 32.2. The molecule has 0 aliphatic rings. The zero-order valence-corrected chi connectivity index (χ0v) is 12.1. The summed E-state index contributed by atoms with van der Waals surface area (Å²) in [5.74, 6) is 1.01. The second kappa shape index (κ2) is 6.31. The maximum absolute atomic E-state index is 11.5. The average molecular weight is 289 g/mol. The molecule has 1 atom stereocenters. The maximum atomic E-state index is 11.5. The van der Waals surface area contributed by atoms with E-state index in [1.54, 1.807) is 23.9 Å². The molecule has 0 bridgehead atoms. The first kappa shape index (κ1) is 15.1. The molecular weight excluding hydrogens is 270 g/mol. The summed E-state index contributed by atoms with van der Waals surface area (Å²) in [7, 11) is -3.77. The van der Waals surface area contributed by atoms with Crippen molar-refractivity contribution in [2.75, 3.05) is 23.1 Å². The zero-order valence-electron chi connectivity index (χ0n) is 10.5. The smallest absolute Gasteiger partial charge is 0.240 e. The van der Waals surface area contributed by atoms with Crippen LogP contribution in [0, 0.1) is 0 Å². The highest BCUT2D eigenvalue weighted by Gasteiger charge is 2.15. The van der Waals surface area contributed by atoms with Gasteiger partial charge in [0.15, 0.2) is 0 Å². The lowest BCUT2D eigenvalue weighted by molar-refractivity contribution is 0.598. The van der Waals surface area contributed by atoms with Crippen molar-refractivity contribution < 1.29 is 8.42 Å². The van der Waals surface area contributed by atoms with E-state index < -0.39 is 10.0 Å². The van der Waals surface area contributed by atoms with Gasteiger partial charge in [-0.3, -0.25) is 0 Å². The fraction of sp³-hybridized carbons (Fsp3) is 0.455. The first-order valence-corrected chi connectivity index (χ1v) is 8.46. The number of nitrogen functional groups attached to an aromatic ring is 1. The van der Waals surface area contributed by atoms with Gasteiger partial charge >= 0.3 is 0 Å². The molecule has 5 N–H and O–H groups in total. The lowest BCUT2D eigenvalue weighted by Crippen LogP contribution is -2.20. The van der Waals surface area contributed by atoms with Gasteiger partial charge in [0, 0.05) is 11.7 Å². The van der Waals surface area contributed by atoms with Gasteiger partial charge in [0.2, 0.25) is 10.0 Å². The summed E-state index contributed by atoms with van der Waals surface area (Å²) in [5.41, 5.74) is 6.46. The van der Waals surface area contributed by atoms with Crippen molar-refractivity contribution in [2.24, 2.45) is 5.14 Å². The molecule has 0 radical (unpaired) electrons. The molecule has 0 aromatic heterocycles. The van der Waals surface area contributed by atoms with E-state index in [0.717, 1.165) is 12.2 Å². The predicted molar refractivity (Wildman–Crippen MR) is 78.3 cm³/mol. The van der Waals surface area contributed by atoms with Crippen molar-refractivity contribution in [3.8, 4) is 0 Å². The number of sulfonamides is 1. The molecule has 0 aliphatic carbocycles. The number of thioether (sulfide) groups is 1. The second-order valence-electron chi connectivity index (χ2n) is 4.13. The number of nitrogens with one attached hydrogen (secondary N) is 1. The summed E-state index contributed by atoms with van der Waals surface area (Å²) in [6.07, 6.45) is 2.97. The van der Waals surface area contributed by atoms with E-state index in [4.69, 9.17) is 10.9 Å². The van der Waals surface area contributed by atoms with E-state index in [1.807, 2.05) is 13.2 Å². The van der Waals surface area contributed by atoms with Crippen molar-refractivity contribution in [1.29, 1.82) is 0 Å². The van der Waals surface area contributed by atoms with Crippen LogP contribution in [0.2, 0.25) is 0 Å². The van der Waals surface area contributed by atoms with Gasteiger partial charge in [-0.15, -0.1) is 0 Å². The highest BCUT2D eigenvalue weighted by molar-refractivity contribution is 7.98. The predicted octanol–water partition coefficient (Wildman–Crippen LogP) is 1.47. The molecule has 0 saturated heterocycles. The van der Waals surface area contributed by atoms with Crippen LogP contribution >= 0.6 is 11.8 Å². The van der Waals surface area contributed by atoms with Crippen LogP contribution in [-0.2, 0) is 10.0 Å². The normalized spacial score (nSPS) is 13.3. The highest BCUT2D eigenvalue weighted by Crippen LogP contribution is 2.24. The molecule has 1 rings (SSSR count). The zero-order chi connectivity index (χ0) is 13.8. The third-order valence-electron chi connectivity index (χ3n) is 2.47. The Bertz CT molecular complexity index is 503. The Balaban J connectivity index is 2.95. The van der Waals surface area contributed by atoms with Crippen LogP contribution in [0.1, 0.15) is 13.3 Å². The summed E-state index contributed by atoms with van der Waals surface area (Å²) in [5, 5.41) is 8.33. The minimum Gasteiger partial charge on any atom is -0.399 e. The number of rotatable bonds is 6. The lowest BCUT2D eigenvalue weighted by Gasteiger charge is -2.17. The number of hydrogen-bond donors (Lipinski definition) is 3. The van der Waals surface area contributed by atoms with Crippen LogP contribution in [0.25, 0.3) is 0 Å². The minimum atomic E-state index is -3.77. The van der Waals surface area contributed by atoms with Gasteiger partial charge in [-0.25, -0.2) is 13.6 Å². The second-order valence-corrected chi connectivity index (χ2v) is 6.64. The Morgan fingerprint density at radius 2 is 2.11 bits per heavy atom. The topological polar surface area (TPSA) is 98.2 Å². The Morgan fingerprint density at radius 1 is 1.44 bits per heavy atom. The van der Waals surface area contributed by atoms with Crippen molar-refractivity contribution in [2.45, 2.75) is 24.3 Å². The van der Waals surface area contributed by atoms with Crippen LogP contribution in [0.3, 0.4) is 0 Å². The van der Waals surface area contributed by atoms with Gasteiger partial charge in [-0.1, -0.05) is 0 Å². The molecule has 0 saturated carbocycles. The monoisotopic (exact) mass is 289 g/mol. The van der Waals surface area contributed by atoms with Crippen LogP contribution in [-0.4, -0.2) is 26.5 Å². The largest absolute Gasteiger partial charge is 0.399 e. The van der Waals surface area contributed by atoms with E-state index in [0.29, 0.717) is 11.4 Å². The summed E-state index contributed by atoms with van der Waals surface area (Å²) in [6, 6.07) is 4.84. The van der Waals surface area contributed by atoms with Crippen LogP contribution in [0.15, 0.2) is 23.1 Å². The molecule has 0 fully saturated rings. The summed E-state index contributed by atoms with van der Waals surface area (Å²) < 4.78 is 23.0. The fourth-order valence-electron chi connectivity index (χ4n) is 1.53. The molecule has 0 spiro atoms. The molecule has 7 heteroatoms. The van der Waals surface area contributed by atoms with Gasteiger partial charge in [0.25, 0.3) is 0 Å². The standard InChI is InChI=1S/C11H19N3O2S2/c1-8(5-6-17-2)14-10-4-3-9(12)7-11(10)18(13,15)16/h3-4,7-8,14H,5-6,12H2,1-2H3,(H2,13,15,16). The third-order valence-corrected chi connectivity index (χ3v) is 4.06. The first-order chi connectivity index (χ1) is 8.34. The van der Waals surface area contributed by atoms with Crippen molar-refractivity contribution >= 4 is 33.2 Å². The average Bonchev–Trinajstić information content (AvgIpc) is 2.27. The minimum absolute atomic E-state index is 0.0403. The van der Waals surface area contributed by atoms with Gasteiger partial charge in [-0.05, 0) is 43.6 Å². The lowest BCUT2D eigenvalue weighted by atomic mass is 10.2. The maximum Gasteiger partial charge on any atom is 0.240 e. The molecule has 18 heavy (non-hydrogen) atoms. The molecular formula is C11H19N3O2S2. The number of nitrogens with two attached hydrogens (primary N) is 2. The van der Waals surface area contributed by atoms with Crippen LogP contribution in [0.5, 0.6) is 0 Å². The Labute approximate surface area is 112 Å². The first-order valence-electron chi connectivity index (χ1n) is 5.52. The number of hydrogen-bond acceptors (Lipinski definition) is 5. The van der Waals surface area contributed by atoms with E-state index in [9.17, 15) is 8.42 Å². The van der Waals surface area contributed by atoms with Gasteiger partial charge in [0.1, 0.15) is 4.90 Å². The quantitative estimate of drug-likeness (QED) is 0.689. The van der Waals surface area contributed by atoms with Gasteiger partial charge in [-0.2, -0.15) is 11.8 Å². The van der Waals surface area contributed by atoms with Crippen LogP contribution < -0.4 is 16.2 Å². The van der Waals surface area contributed by atoms with Crippen molar-refractivity contribution in [3.05, 3.63) is 18.2 Å². The molecule has 1 unspecified atom stereocenters. The fourth-order valence-corrected chi connectivity index (χ4v) is 2.85. The van der Waals surface area contributed by atoms with Gasteiger partial charge in [0.05, 0.1) is 5.69 Å². The summed E-state index contributed by atoms with van der Waals surface area (Å²) in [4.78, 5) is 0.0403. The molecule has 0 aliphatic heterocycles. The Morgan fingerprint density at radius 3 is 2.67 bits per heavy atom. The molecule has 102 valence electrons. The van der Waals surface area contributed by atoms with Gasteiger partial charge < -0.3 is 11.1 Å². The number of anilines is 2. The molecule has 5 nitrogen and oxygen atoms in total. The van der Waals surface area contributed by atoms with E-state index in [2.05, 4.69) is 5.32 Å². The number of primary sulfonamides is 1.